The highest BCUT2D eigenvalue weighted by atomic mass is 32.2. The van der Waals surface area contributed by atoms with Gasteiger partial charge in [0.15, 0.2) is 5.13 Å². The Labute approximate surface area is 125 Å². The van der Waals surface area contributed by atoms with Crippen molar-refractivity contribution in [1.82, 2.24) is 10.3 Å². The summed E-state index contributed by atoms with van der Waals surface area (Å²) in [6.07, 6.45) is 4.64. The van der Waals surface area contributed by atoms with Gasteiger partial charge in [0.25, 0.3) is 0 Å². The number of hydrogen-bond acceptors (Lipinski definition) is 6. The van der Waals surface area contributed by atoms with E-state index in [0.717, 1.165) is 24.5 Å². The molecule has 7 heteroatoms. The van der Waals surface area contributed by atoms with Gasteiger partial charge in [-0.25, -0.2) is 13.4 Å². The van der Waals surface area contributed by atoms with Crippen molar-refractivity contribution in [3.05, 3.63) is 10.6 Å². The lowest BCUT2D eigenvalue weighted by atomic mass is 9.98. The van der Waals surface area contributed by atoms with E-state index in [1.54, 1.807) is 11.3 Å². The van der Waals surface area contributed by atoms with Crippen LogP contribution in [0.2, 0.25) is 0 Å². The van der Waals surface area contributed by atoms with Gasteiger partial charge in [-0.1, -0.05) is 18.3 Å². The van der Waals surface area contributed by atoms with Crippen LogP contribution < -0.4 is 10.2 Å². The Morgan fingerprint density at radius 3 is 2.90 bits per heavy atom. The van der Waals surface area contributed by atoms with Crippen molar-refractivity contribution in [2.75, 3.05) is 37.0 Å². The number of nitrogens with zero attached hydrogens (tertiary/aromatic N) is 2. The van der Waals surface area contributed by atoms with Crippen LogP contribution in [-0.4, -0.2) is 45.5 Å². The zero-order valence-electron chi connectivity index (χ0n) is 12.3. The first-order valence-corrected chi connectivity index (χ1v) is 9.90. The Morgan fingerprint density at radius 2 is 2.25 bits per heavy atom. The van der Waals surface area contributed by atoms with E-state index in [0.29, 0.717) is 12.6 Å². The number of thiazole rings is 1. The summed E-state index contributed by atoms with van der Waals surface area (Å²) >= 11 is 1.70. The second kappa shape index (κ2) is 6.41. The molecule has 1 aliphatic carbocycles. The van der Waals surface area contributed by atoms with Crippen LogP contribution in [0.3, 0.4) is 0 Å². The molecule has 1 heterocycles. The first kappa shape index (κ1) is 15.7. The summed E-state index contributed by atoms with van der Waals surface area (Å²) in [5.74, 6) is 0.171. The Morgan fingerprint density at radius 1 is 1.50 bits per heavy atom. The van der Waals surface area contributed by atoms with Crippen LogP contribution in [0.5, 0.6) is 0 Å². The Bertz CT molecular complexity index is 554. The molecule has 0 fully saturated rings. The highest BCUT2D eigenvalue weighted by Gasteiger charge is 2.24. The average molecular weight is 317 g/mol. The van der Waals surface area contributed by atoms with E-state index in [1.165, 1.54) is 23.2 Å². The molecule has 0 aromatic carbocycles. The van der Waals surface area contributed by atoms with Crippen LogP contribution in [0.15, 0.2) is 0 Å². The third-order valence-electron chi connectivity index (χ3n) is 3.51. The minimum Gasteiger partial charge on any atom is -0.350 e. The van der Waals surface area contributed by atoms with Gasteiger partial charge in [0.05, 0.1) is 11.4 Å². The maximum absolute atomic E-state index is 11.2. The molecule has 1 atom stereocenters. The van der Waals surface area contributed by atoms with Gasteiger partial charge in [0, 0.05) is 30.8 Å². The first-order chi connectivity index (χ1) is 9.40. The van der Waals surface area contributed by atoms with Gasteiger partial charge in [-0.05, 0) is 25.8 Å². The zero-order valence-corrected chi connectivity index (χ0v) is 14.0. The third-order valence-corrected chi connectivity index (χ3v) is 5.76. The lowest BCUT2D eigenvalue weighted by Crippen LogP contribution is -2.24. The summed E-state index contributed by atoms with van der Waals surface area (Å²) < 4.78 is 22.5. The van der Waals surface area contributed by atoms with Gasteiger partial charge in [-0.15, -0.1) is 0 Å². The average Bonchev–Trinajstić information content (AvgIpc) is 2.80. The fraction of sp³-hybridized carbons (Fsp3) is 0.769. The first-order valence-electron chi connectivity index (χ1n) is 7.02. The van der Waals surface area contributed by atoms with E-state index in [2.05, 4.69) is 12.2 Å². The van der Waals surface area contributed by atoms with Gasteiger partial charge in [0.2, 0.25) is 0 Å². The number of aryl methyl sites for hydroxylation is 1. The van der Waals surface area contributed by atoms with Gasteiger partial charge < -0.3 is 10.2 Å². The SMILES string of the molecule is CCNC1CCCc2nc(N(C)CCS(C)(=O)=O)sc21. The molecule has 0 radical (unpaired) electrons. The van der Waals surface area contributed by atoms with Crippen molar-refractivity contribution in [3.63, 3.8) is 0 Å². The summed E-state index contributed by atoms with van der Waals surface area (Å²) in [6.45, 7) is 3.58. The number of fused-ring (bicyclic) bond motifs is 1. The smallest absolute Gasteiger partial charge is 0.185 e. The standard InChI is InChI=1S/C13H23N3O2S2/c1-4-14-10-6-5-7-11-12(10)19-13(15-11)16(2)8-9-20(3,17)18/h10,14H,4-9H2,1-3H3. The molecule has 1 N–H and O–H groups in total. The summed E-state index contributed by atoms with van der Waals surface area (Å²) in [4.78, 5) is 7.98. The second-order valence-corrected chi connectivity index (χ2v) is 8.63. The summed E-state index contributed by atoms with van der Waals surface area (Å²) in [7, 11) is -1.01. The quantitative estimate of drug-likeness (QED) is 0.864. The third kappa shape index (κ3) is 3.93. The van der Waals surface area contributed by atoms with Crippen molar-refractivity contribution in [3.8, 4) is 0 Å². The number of nitrogens with one attached hydrogen (secondary N) is 1. The second-order valence-electron chi connectivity index (χ2n) is 5.36. The fourth-order valence-electron chi connectivity index (χ4n) is 2.41. The molecule has 0 amide bonds. The van der Waals surface area contributed by atoms with E-state index >= 15 is 0 Å². The molecule has 0 saturated carbocycles. The van der Waals surface area contributed by atoms with Crippen molar-refractivity contribution < 1.29 is 8.42 Å². The molecule has 5 nitrogen and oxygen atoms in total. The molecule has 114 valence electrons. The van der Waals surface area contributed by atoms with Crippen molar-refractivity contribution in [2.24, 2.45) is 0 Å². The van der Waals surface area contributed by atoms with E-state index < -0.39 is 9.84 Å². The number of anilines is 1. The van der Waals surface area contributed by atoms with Gasteiger partial charge in [-0.3, -0.25) is 0 Å². The highest BCUT2D eigenvalue weighted by Crippen LogP contribution is 2.37. The van der Waals surface area contributed by atoms with Crippen LogP contribution in [0, 0.1) is 0 Å². The van der Waals surface area contributed by atoms with E-state index in [9.17, 15) is 8.42 Å². The predicted octanol–water partition coefficient (Wildman–Crippen LogP) is 1.61. The monoisotopic (exact) mass is 317 g/mol. The fourth-order valence-corrected chi connectivity index (χ4v) is 4.22. The summed E-state index contributed by atoms with van der Waals surface area (Å²) in [5.41, 5.74) is 1.19. The molecule has 0 saturated heterocycles. The molecule has 2 rings (SSSR count). The summed E-state index contributed by atoms with van der Waals surface area (Å²) in [5, 5.41) is 4.44. The molecule has 0 aliphatic heterocycles. The van der Waals surface area contributed by atoms with Gasteiger partial charge in [0.1, 0.15) is 9.84 Å². The summed E-state index contributed by atoms with van der Waals surface area (Å²) in [6, 6.07) is 0.415. The predicted molar refractivity (Wildman–Crippen MR) is 84.5 cm³/mol. The Hall–Kier alpha value is -0.660. The topological polar surface area (TPSA) is 62.3 Å². The number of aromatic nitrogens is 1. The molecule has 0 bridgehead atoms. The van der Waals surface area contributed by atoms with Crippen LogP contribution in [0.25, 0.3) is 0 Å². The maximum atomic E-state index is 11.2. The van der Waals surface area contributed by atoms with Crippen molar-refractivity contribution >= 4 is 26.3 Å². The minimum atomic E-state index is -2.93. The van der Waals surface area contributed by atoms with Gasteiger partial charge >= 0.3 is 0 Å². The number of sulfone groups is 1. The molecule has 0 spiro atoms. The van der Waals surface area contributed by atoms with Crippen LogP contribution in [0.4, 0.5) is 5.13 Å². The molecule has 1 aliphatic rings. The maximum Gasteiger partial charge on any atom is 0.185 e. The van der Waals surface area contributed by atoms with E-state index in [-0.39, 0.29) is 5.75 Å². The lowest BCUT2D eigenvalue weighted by Gasteiger charge is -2.21. The number of rotatable bonds is 6. The number of hydrogen-bond donors (Lipinski definition) is 1. The highest BCUT2D eigenvalue weighted by molar-refractivity contribution is 7.90. The molecule has 1 unspecified atom stereocenters. The molecular formula is C13H23N3O2S2. The molecule has 20 heavy (non-hydrogen) atoms. The minimum absolute atomic E-state index is 0.171. The van der Waals surface area contributed by atoms with Crippen LogP contribution >= 0.6 is 11.3 Å². The Balaban J connectivity index is 2.10. The van der Waals surface area contributed by atoms with E-state index in [4.69, 9.17) is 4.98 Å². The lowest BCUT2D eigenvalue weighted by molar-refractivity contribution is 0.476. The van der Waals surface area contributed by atoms with Crippen LogP contribution in [-0.2, 0) is 16.3 Å². The largest absolute Gasteiger partial charge is 0.350 e. The van der Waals surface area contributed by atoms with Crippen molar-refractivity contribution in [2.45, 2.75) is 32.2 Å². The molecular weight excluding hydrogens is 294 g/mol. The van der Waals surface area contributed by atoms with Crippen LogP contribution in [0.1, 0.15) is 36.4 Å². The normalized spacial score (nSPS) is 18.9. The Kier molecular flexibility index (Phi) is 5.04. The molecule has 1 aromatic heterocycles. The molecule has 1 aromatic rings. The van der Waals surface area contributed by atoms with E-state index in [1.807, 2.05) is 11.9 Å². The zero-order chi connectivity index (χ0) is 14.8. The van der Waals surface area contributed by atoms with Gasteiger partial charge in [-0.2, -0.15) is 0 Å². The van der Waals surface area contributed by atoms with Crippen molar-refractivity contribution in [1.29, 1.82) is 0 Å².